The molecule has 9 heteroatoms. The number of hydrogen-bond acceptors (Lipinski definition) is 6. The molecule has 0 saturated carbocycles. The van der Waals surface area contributed by atoms with Crippen LogP contribution < -0.4 is 15.9 Å². The van der Waals surface area contributed by atoms with Gasteiger partial charge < -0.3 is 9.64 Å². The van der Waals surface area contributed by atoms with Crippen molar-refractivity contribution in [3.05, 3.63) is 52.2 Å². The first-order chi connectivity index (χ1) is 13.6. The number of nitrogens with one attached hydrogen (secondary N) is 2. The summed E-state index contributed by atoms with van der Waals surface area (Å²) >= 11 is 0. The van der Waals surface area contributed by atoms with Crippen molar-refractivity contribution in [2.24, 2.45) is 0 Å². The number of anilines is 1. The van der Waals surface area contributed by atoms with Crippen molar-refractivity contribution in [3.8, 4) is 0 Å². The Morgan fingerprint density at radius 3 is 2.86 bits per heavy atom. The van der Waals surface area contributed by atoms with E-state index >= 15 is 0 Å². The van der Waals surface area contributed by atoms with Gasteiger partial charge in [0.25, 0.3) is 5.56 Å². The Morgan fingerprint density at radius 2 is 2.07 bits per heavy atom. The summed E-state index contributed by atoms with van der Waals surface area (Å²) in [6, 6.07) is 7.54. The Kier molecular flexibility index (Phi) is 5.07. The van der Waals surface area contributed by atoms with E-state index in [0.29, 0.717) is 49.9 Å². The highest BCUT2D eigenvalue weighted by molar-refractivity contribution is 5.86. The van der Waals surface area contributed by atoms with Crippen LogP contribution in [-0.4, -0.2) is 51.8 Å². The minimum absolute atomic E-state index is 0.176. The van der Waals surface area contributed by atoms with Gasteiger partial charge in [-0.1, -0.05) is 12.1 Å². The average molecular weight is 382 g/mol. The first-order valence-electron chi connectivity index (χ1n) is 9.26. The number of nitrogens with zero attached hydrogens (tertiary/aromatic N) is 4. The molecule has 9 nitrogen and oxygen atoms in total. The predicted octanol–water partition coefficient (Wildman–Crippen LogP) is 0.968. The third-order valence-electron chi connectivity index (χ3n) is 4.82. The highest BCUT2D eigenvalue weighted by atomic mass is 16.5. The summed E-state index contributed by atoms with van der Waals surface area (Å²) in [6.07, 6.45) is 2.06. The maximum absolute atomic E-state index is 12.5. The summed E-state index contributed by atoms with van der Waals surface area (Å²) in [4.78, 5) is 38.5. The Bertz CT molecular complexity index is 1050. The molecule has 1 amide bonds. The zero-order chi connectivity index (χ0) is 19.5. The van der Waals surface area contributed by atoms with Gasteiger partial charge in [0.1, 0.15) is 6.33 Å². The Labute approximate surface area is 161 Å². The van der Waals surface area contributed by atoms with Crippen molar-refractivity contribution < 1.29 is 9.53 Å². The topological polar surface area (TPSA) is 105 Å². The summed E-state index contributed by atoms with van der Waals surface area (Å²) in [7, 11) is 0. The van der Waals surface area contributed by atoms with Gasteiger partial charge in [0.05, 0.1) is 24.2 Å². The van der Waals surface area contributed by atoms with Crippen LogP contribution in [0.1, 0.15) is 17.7 Å². The fourth-order valence-corrected chi connectivity index (χ4v) is 3.29. The smallest absolute Gasteiger partial charge is 0.255 e. The van der Waals surface area contributed by atoms with Gasteiger partial charge >= 0.3 is 0 Å². The van der Waals surface area contributed by atoms with E-state index in [1.807, 2.05) is 29.2 Å². The Morgan fingerprint density at radius 1 is 1.29 bits per heavy atom. The summed E-state index contributed by atoms with van der Waals surface area (Å²) in [6.45, 7) is 4.43. The SMILES string of the molecule is Cc1nc(N2CCOCC2)[nH]c(=O)c1CCC(=O)Nn1cnc2ccccc21. The molecule has 28 heavy (non-hydrogen) atoms. The van der Waals surface area contributed by atoms with Gasteiger partial charge in [-0.15, -0.1) is 0 Å². The number of carbonyl (C=O) groups excluding carboxylic acids is 1. The second-order valence-corrected chi connectivity index (χ2v) is 6.69. The minimum Gasteiger partial charge on any atom is -0.378 e. The van der Waals surface area contributed by atoms with E-state index in [1.165, 1.54) is 0 Å². The molecule has 1 aliphatic heterocycles. The van der Waals surface area contributed by atoms with E-state index in [9.17, 15) is 9.59 Å². The third-order valence-corrected chi connectivity index (χ3v) is 4.82. The first-order valence-corrected chi connectivity index (χ1v) is 9.26. The second kappa shape index (κ2) is 7.81. The molecule has 2 N–H and O–H groups in total. The molecular weight excluding hydrogens is 360 g/mol. The van der Waals surface area contributed by atoms with Gasteiger partial charge in [0, 0.05) is 30.8 Å². The van der Waals surface area contributed by atoms with Crippen molar-refractivity contribution in [1.82, 2.24) is 19.6 Å². The van der Waals surface area contributed by atoms with E-state index in [-0.39, 0.29) is 17.9 Å². The highest BCUT2D eigenvalue weighted by Crippen LogP contribution is 2.12. The van der Waals surface area contributed by atoms with Crippen molar-refractivity contribution in [2.45, 2.75) is 19.8 Å². The number of amides is 1. The van der Waals surface area contributed by atoms with Crippen LogP contribution in [-0.2, 0) is 16.0 Å². The Hall–Kier alpha value is -3.20. The van der Waals surface area contributed by atoms with E-state index in [1.54, 1.807) is 17.9 Å². The Balaban J connectivity index is 1.42. The lowest BCUT2D eigenvalue weighted by atomic mass is 10.1. The molecule has 4 rings (SSSR count). The van der Waals surface area contributed by atoms with Gasteiger partial charge in [-0.2, -0.15) is 0 Å². The van der Waals surface area contributed by atoms with E-state index in [0.717, 1.165) is 11.0 Å². The zero-order valence-electron chi connectivity index (χ0n) is 15.6. The van der Waals surface area contributed by atoms with Gasteiger partial charge in [0.15, 0.2) is 0 Å². The molecule has 0 spiro atoms. The van der Waals surface area contributed by atoms with Gasteiger partial charge in [-0.25, -0.2) is 14.6 Å². The number of ether oxygens (including phenoxy) is 1. The fraction of sp³-hybridized carbons (Fsp3) is 0.368. The number of morpholine rings is 1. The lowest BCUT2D eigenvalue weighted by Gasteiger charge is -2.27. The summed E-state index contributed by atoms with van der Waals surface area (Å²) in [5, 5.41) is 0. The monoisotopic (exact) mass is 382 g/mol. The molecule has 1 fully saturated rings. The molecule has 0 radical (unpaired) electrons. The molecule has 1 aromatic carbocycles. The molecule has 3 heterocycles. The summed E-state index contributed by atoms with van der Waals surface area (Å²) in [5.74, 6) is 0.364. The van der Waals surface area contributed by atoms with Gasteiger partial charge in [0.2, 0.25) is 11.9 Å². The first kappa shape index (κ1) is 18.2. The molecule has 0 aliphatic carbocycles. The summed E-state index contributed by atoms with van der Waals surface area (Å²) < 4.78 is 6.92. The van der Waals surface area contributed by atoms with E-state index in [2.05, 4.69) is 20.4 Å². The van der Waals surface area contributed by atoms with Crippen LogP contribution >= 0.6 is 0 Å². The van der Waals surface area contributed by atoms with Crippen molar-refractivity contribution >= 4 is 22.9 Å². The number of hydrogen-bond donors (Lipinski definition) is 2. The maximum atomic E-state index is 12.5. The number of carbonyl (C=O) groups is 1. The molecule has 0 unspecified atom stereocenters. The van der Waals surface area contributed by atoms with Crippen LogP contribution in [0.3, 0.4) is 0 Å². The van der Waals surface area contributed by atoms with E-state index < -0.39 is 0 Å². The second-order valence-electron chi connectivity index (χ2n) is 6.69. The number of fused-ring (bicyclic) bond motifs is 1. The molecule has 2 aromatic heterocycles. The number of H-pyrrole nitrogens is 1. The molecule has 3 aromatic rings. The largest absolute Gasteiger partial charge is 0.378 e. The normalized spacial score (nSPS) is 14.4. The van der Waals surface area contributed by atoms with Crippen LogP contribution in [0.15, 0.2) is 35.4 Å². The minimum atomic E-state index is -0.199. The van der Waals surface area contributed by atoms with Gasteiger partial charge in [-0.05, 0) is 25.5 Å². The predicted molar refractivity (Wildman–Crippen MR) is 105 cm³/mol. The number of para-hydroxylation sites is 2. The molecular formula is C19H22N6O3. The molecule has 1 saturated heterocycles. The number of aromatic nitrogens is 4. The zero-order valence-corrected chi connectivity index (χ0v) is 15.6. The lowest BCUT2D eigenvalue weighted by Crippen LogP contribution is -2.38. The highest BCUT2D eigenvalue weighted by Gasteiger charge is 2.17. The average Bonchev–Trinajstić information content (AvgIpc) is 3.11. The molecule has 146 valence electrons. The number of rotatable bonds is 5. The third kappa shape index (κ3) is 3.74. The fourth-order valence-electron chi connectivity index (χ4n) is 3.29. The van der Waals surface area contributed by atoms with Crippen LogP contribution in [0.4, 0.5) is 5.95 Å². The van der Waals surface area contributed by atoms with Crippen molar-refractivity contribution in [1.29, 1.82) is 0 Å². The number of imidazole rings is 1. The number of benzene rings is 1. The summed E-state index contributed by atoms with van der Waals surface area (Å²) in [5.41, 5.74) is 5.40. The van der Waals surface area contributed by atoms with E-state index in [4.69, 9.17) is 4.74 Å². The number of aryl methyl sites for hydroxylation is 1. The van der Waals surface area contributed by atoms with Crippen LogP contribution in [0.25, 0.3) is 11.0 Å². The van der Waals surface area contributed by atoms with Crippen LogP contribution in [0.5, 0.6) is 0 Å². The molecule has 0 atom stereocenters. The standard InChI is InChI=1S/C19H22N6O3/c1-13-14(18(27)22-19(21-13)24-8-10-28-11-9-24)6-7-17(26)23-25-12-20-15-4-2-3-5-16(15)25/h2-5,12H,6-11H2,1H3,(H,23,26)(H,21,22,27). The maximum Gasteiger partial charge on any atom is 0.255 e. The van der Waals surface area contributed by atoms with Gasteiger partial charge in [-0.3, -0.25) is 20.0 Å². The lowest BCUT2D eigenvalue weighted by molar-refractivity contribution is -0.117. The molecule has 1 aliphatic rings. The number of aromatic amines is 1. The van der Waals surface area contributed by atoms with Crippen LogP contribution in [0.2, 0.25) is 0 Å². The quantitative estimate of drug-likeness (QED) is 0.681. The van der Waals surface area contributed by atoms with Crippen LogP contribution in [0, 0.1) is 6.92 Å². The molecule has 0 bridgehead atoms. The van der Waals surface area contributed by atoms with Crippen molar-refractivity contribution in [3.63, 3.8) is 0 Å². The van der Waals surface area contributed by atoms with Crippen molar-refractivity contribution in [2.75, 3.05) is 36.6 Å².